The van der Waals surface area contributed by atoms with Crippen LogP contribution >= 0.6 is 0 Å². The number of likely N-dealkylation sites (N-methyl/N-ethyl adjacent to an activating group) is 1. The van der Waals surface area contributed by atoms with Crippen LogP contribution in [0, 0.1) is 0 Å². The number of carbonyl (C=O) groups is 1. The molecule has 0 aromatic heterocycles. The molecule has 5 nitrogen and oxygen atoms in total. The third-order valence-corrected chi connectivity index (χ3v) is 3.63. The third-order valence-electron chi connectivity index (χ3n) is 3.63. The Labute approximate surface area is 120 Å². The predicted octanol–water partition coefficient (Wildman–Crippen LogP) is 1.92. The maximum Gasteiger partial charge on any atom is 0.319 e. The highest BCUT2D eigenvalue weighted by molar-refractivity contribution is 5.89. The quantitative estimate of drug-likeness (QED) is 0.790. The summed E-state index contributed by atoms with van der Waals surface area (Å²) in [5.74, 6) is 0. The van der Waals surface area contributed by atoms with Crippen molar-refractivity contribution in [2.24, 2.45) is 5.73 Å². The molecule has 1 aliphatic heterocycles. The van der Waals surface area contributed by atoms with E-state index in [-0.39, 0.29) is 18.1 Å². The van der Waals surface area contributed by atoms with Gasteiger partial charge in [-0.05, 0) is 51.1 Å². The minimum atomic E-state index is -0.146. The number of hydrogen-bond acceptors (Lipinski definition) is 3. The summed E-state index contributed by atoms with van der Waals surface area (Å²) in [4.78, 5) is 14.2. The Hall–Kier alpha value is -1.59. The van der Waals surface area contributed by atoms with Crippen LogP contribution in [0.1, 0.15) is 31.4 Å². The average molecular weight is 276 g/mol. The normalized spacial score (nSPS) is 21.2. The van der Waals surface area contributed by atoms with Crippen LogP contribution in [0.5, 0.6) is 0 Å². The number of nitrogens with zero attached hydrogens (tertiary/aromatic N) is 1. The summed E-state index contributed by atoms with van der Waals surface area (Å²) < 4.78 is 0. The summed E-state index contributed by atoms with van der Waals surface area (Å²) in [6.45, 7) is 3.95. The minimum Gasteiger partial charge on any atom is -0.334 e. The van der Waals surface area contributed by atoms with E-state index >= 15 is 0 Å². The van der Waals surface area contributed by atoms with E-state index in [2.05, 4.69) is 22.6 Å². The zero-order valence-corrected chi connectivity index (χ0v) is 12.2. The number of nitrogens with one attached hydrogen (secondary N) is 2. The summed E-state index contributed by atoms with van der Waals surface area (Å²) in [6, 6.07) is 7.70. The fourth-order valence-corrected chi connectivity index (χ4v) is 2.54. The van der Waals surface area contributed by atoms with Gasteiger partial charge < -0.3 is 21.3 Å². The van der Waals surface area contributed by atoms with Crippen molar-refractivity contribution in [3.63, 3.8) is 0 Å². The smallest absolute Gasteiger partial charge is 0.319 e. The highest BCUT2D eigenvalue weighted by Gasteiger charge is 2.18. The lowest BCUT2D eigenvalue weighted by Crippen LogP contribution is -2.47. The largest absolute Gasteiger partial charge is 0.334 e. The van der Waals surface area contributed by atoms with Crippen LogP contribution in [0.25, 0.3) is 0 Å². The van der Waals surface area contributed by atoms with Gasteiger partial charge in [0.2, 0.25) is 0 Å². The van der Waals surface area contributed by atoms with E-state index in [9.17, 15) is 4.79 Å². The number of nitrogens with two attached hydrogens (primary N) is 1. The number of amides is 2. The van der Waals surface area contributed by atoms with Gasteiger partial charge >= 0.3 is 6.03 Å². The van der Waals surface area contributed by atoms with Crippen LogP contribution in [0.2, 0.25) is 0 Å². The number of likely N-dealkylation sites (tertiary alicyclic amines) is 1. The standard InChI is InChI=1S/C15H24N4O/c1-11(16)12-5-3-6-13(9-12)17-15(20)18-14-7-4-8-19(2)10-14/h3,5-6,9,11,14H,4,7-8,10,16H2,1-2H3,(H2,17,18,20). The molecule has 1 heterocycles. The van der Waals surface area contributed by atoms with Crippen molar-refractivity contribution in [3.05, 3.63) is 29.8 Å². The van der Waals surface area contributed by atoms with E-state index in [1.54, 1.807) is 0 Å². The number of benzene rings is 1. The molecule has 110 valence electrons. The zero-order valence-electron chi connectivity index (χ0n) is 12.2. The molecule has 1 aromatic rings. The molecule has 2 amide bonds. The van der Waals surface area contributed by atoms with Gasteiger partial charge in [-0.25, -0.2) is 4.79 Å². The van der Waals surface area contributed by atoms with Gasteiger partial charge in [-0.1, -0.05) is 12.1 Å². The van der Waals surface area contributed by atoms with Gasteiger partial charge in [0.1, 0.15) is 0 Å². The maximum absolute atomic E-state index is 12.0. The molecule has 0 saturated carbocycles. The second-order valence-electron chi connectivity index (χ2n) is 5.61. The highest BCUT2D eigenvalue weighted by Crippen LogP contribution is 2.15. The Morgan fingerprint density at radius 2 is 2.30 bits per heavy atom. The molecular formula is C15H24N4O. The lowest BCUT2D eigenvalue weighted by Gasteiger charge is -2.30. The minimum absolute atomic E-state index is 0.0354. The van der Waals surface area contributed by atoms with Crippen molar-refractivity contribution in [2.75, 3.05) is 25.5 Å². The molecule has 2 rings (SSSR count). The molecule has 1 aliphatic rings. The Morgan fingerprint density at radius 1 is 1.50 bits per heavy atom. The molecule has 0 bridgehead atoms. The van der Waals surface area contributed by atoms with Crippen LogP contribution in [0.3, 0.4) is 0 Å². The first kappa shape index (κ1) is 14.8. The van der Waals surface area contributed by atoms with Gasteiger partial charge in [-0.2, -0.15) is 0 Å². The van der Waals surface area contributed by atoms with Crippen molar-refractivity contribution in [3.8, 4) is 0 Å². The number of hydrogen-bond donors (Lipinski definition) is 3. The van der Waals surface area contributed by atoms with Crippen molar-refractivity contribution < 1.29 is 4.79 Å². The molecule has 0 radical (unpaired) electrons. The van der Waals surface area contributed by atoms with Gasteiger partial charge in [0.25, 0.3) is 0 Å². The summed E-state index contributed by atoms with van der Waals surface area (Å²) in [5.41, 5.74) is 7.64. The molecule has 0 aliphatic carbocycles. The van der Waals surface area contributed by atoms with Gasteiger partial charge in [-0.3, -0.25) is 0 Å². The zero-order chi connectivity index (χ0) is 14.5. The summed E-state index contributed by atoms with van der Waals surface area (Å²) in [6.07, 6.45) is 2.17. The monoisotopic (exact) mass is 276 g/mol. The second-order valence-corrected chi connectivity index (χ2v) is 5.61. The average Bonchev–Trinajstić information content (AvgIpc) is 2.38. The lowest BCUT2D eigenvalue weighted by molar-refractivity contribution is 0.216. The summed E-state index contributed by atoms with van der Waals surface area (Å²) in [7, 11) is 2.08. The number of urea groups is 1. The van der Waals surface area contributed by atoms with Crippen molar-refractivity contribution in [1.29, 1.82) is 0 Å². The maximum atomic E-state index is 12.0. The second kappa shape index (κ2) is 6.72. The lowest BCUT2D eigenvalue weighted by atomic mass is 10.1. The molecule has 5 heteroatoms. The number of rotatable bonds is 3. The fraction of sp³-hybridized carbons (Fsp3) is 0.533. The number of carbonyl (C=O) groups excluding carboxylic acids is 1. The first-order chi connectivity index (χ1) is 9.54. The Balaban J connectivity index is 1.89. The summed E-state index contributed by atoms with van der Waals surface area (Å²) in [5, 5.41) is 5.90. The highest BCUT2D eigenvalue weighted by atomic mass is 16.2. The van der Waals surface area contributed by atoms with Gasteiger partial charge in [0.05, 0.1) is 0 Å². The third kappa shape index (κ3) is 4.21. The molecule has 20 heavy (non-hydrogen) atoms. The molecule has 1 aromatic carbocycles. The van der Waals surface area contributed by atoms with Crippen LogP contribution in [-0.2, 0) is 0 Å². The Kier molecular flexibility index (Phi) is 4.98. The molecule has 0 spiro atoms. The molecule has 2 atom stereocenters. The molecule has 2 unspecified atom stereocenters. The van der Waals surface area contributed by atoms with Gasteiger partial charge in [0.15, 0.2) is 0 Å². The SMILES string of the molecule is CC(N)c1cccc(NC(=O)NC2CCCN(C)C2)c1. The van der Waals surface area contributed by atoms with Gasteiger partial charge in [-0.15, -0.1) is 0 Å². The van der Waals surface area contributed by atoms with E-state index in [0.717, 1.165) is 37.2 Å². The topological polar surface area (TPSA) is 70.4 Å². The van der Waals surface area contributed by atoms with Crippen LogP contribution < -0.4 is 16.4 Å². The Morgan fingerprint density at radius 3 is 3.00 bits per heavy atom. The van der Waals surface area contributed by atoms with Gasteiger partial charge in [0, 0.05) is 24.3 Å². The van der Waals surface area contributed by atoms with E-state index in [4.69, 9.17) is 5.73 Å². The molecule has 4 N–H and O–H groups in total. The van der Waals surface area contributed by atoms with E-state index < -0.39 is 0 Å². The first-order valence-corrected chi connectivity index (χ1v) is 7.16. The molecule has 1 saturated heterocycles. The van der Waals surface area contributed by atoms with Crippen molar-refractivity contribution in [1.82, 2.24) is 10.2 Å². The predicted molar refractivity (Wildman–Crippen MR) is 81.7 cm³/mol. The number of piperidine rings is 1. The van der Waals surface area contributed by atoms with E-state index in [1.165, 1.54) is 0 Å². The molecule has 1 fully saturated rings. The fourth-order valence-electron chi connectivity index (χ4n) is 2.54. The Bertz CT molecular complexity index is 461. The van der Waals surface area contributed by atoms with Crippen molar-refractivity contribution >= 4 is 11.7 Å². The van der Waals surface area contributed by atoms with E-state index in [0.29, 0.717) is 0 Å². The number of anilines is 1. The van der Waals surface area contributed by atoms with Crippen LogP contribution in [-0.4, -0.2) is 37.1 Å². The van der Waals surface area contributed by atoms with Crippen LogP contribution in [0.15, 0.2) is 24.3 Å². The van der Waals surface area contributed by atoms with Crippen molar-refractivity contribution in [2.45, 2.75) is 31.8 Å². The van der Waals surface area contributed by atoms with Crippen LogP contribution in [0.4, 0.5) is 10.5 Å². The molecular weight excluding hydrogens is 252 g/mol. The van der Waals surface area contributed by atoms with E-state index in [1.807, 2.05) is 31.2 Å². The first-order valence-electron chi connectivity index (χ1n) is 7.16. The summed E-state index contributed by atoms with van der Waals surface area (Å²) >= 11 is 0.